The highest BCUT2D eigenvalue weighted by molar-refractivity contribution is 5.80. The maximum absolute atomic E-state index is 13.3. The lowest BCUT2D eigenvalue weighted by Crippen LogP contribution is -2.36. The number of amides is 1. The summed E-state index contributed by atoms with van der Waals surface area (Å²) in [7, 11) is 1.77. The number of hydrogen-bond donors (Lipinski definition) is 0. The molecule has 2 aromatic carbocycles. The van der Waals surface area contributed by atoms with Gasteiger partial charge >= 0.3 is 0 Å². The van der Waals surface area contributed by atoms with Crippen LogP contribution in [0.15, 0.2) is 73.1 Å². The minimum absolute atomic E-state index is 0.0677. The van der Waals surface area contributed by atoms with E-state index in [0.717, 1.165) is 11.1 Å². The van der Waals surface area contributed by atoms with Gasteiger partial charge in [0.25, 0.3) is 0 Å². The molecule has 0 radical (unpaired) electrons. The molecule has 0 aliphatic carbocycles. The number of nitrogens with zero attached hydrogens (tertiary/aromatic N) is 3. The Morgan fingerprint density at radius 2 is 1.68 bits per heavy atom. The summed E-state index contributed by atoms with van der Waals surface area (Å²) in [4.78, 5) is 14.7. The topological polar surface area (TPSA) is 38.1 Å². The number of benzene rings is 2. The highest BCUT2D eigenvalue weighted by Crippen LogP contribution is 2.29. The van der Waals surface area contributed by atoms with Crippen molar-refractivity contribution >= 4 is 5.91 Å². The molecule has 2 atom stereocenters. The average molecular weight is 337 g/mol. The molecule has 25 heavy (non-hydrogen) atoms. The Labute approximate surface area is 146 Å². The predicted molar refractivity (Wildman–Crippen MR) is 94.4 cm³/mol. The van der Waals surface area contributed by atoms with Crippen LogP contribution in [0.5, 0.6) is 0 Å². The number of halogens is 1. The summed E-state index contributed by atoms with van der Waals surface area (Å²) in [6.45, 7) is 1.82. The zero-order valence-corrected chi connectivity index (χ0v) is 14.2. The van der Waals surface area contributed by atoms with Gasteiger partial charge in [-0.1, -0.05) is 42.5 Å². The van der Waals surface area contributed by atoms with E-state index in [-0.39, 0.29) is 17.8 Å². The van der Waals surface area contributed by atoms with E-state index in [2.05, 4.69) is 5.10 Å². The van der Waals surface area contributed by atoms with E-state index >= 15 is 0 Å². The van der Waals surface area contributed by atoms with Gasteiger partial charge in [0.15, 0.2) is 0 Å². The van der Waals surface area contributed by atoms with Gasteiger partial charge < -0.3 is 4.90 Å². The molecule has 5 heteroatoms. The molecule has 0 bridgehead atoms. The van der Waals surface area contributed by atoms with Crippen molar-refractivity contribution in [3.05, 3.63) is 90.0 Å². The second kappa shape index (κ2) is 7.30. The maximum atomic E-state index is 13.3. The smallest absolute Gasteiger partial charge is 0.247 e. The number of likely N-dealkylation sites (N-methyl/N-ethyl adjacent to an activating group) is 1. The first-order chi connectivity index (χ1) is 12.1. The van der Waals surface area contributed by atoms with Gasteiger partial charge in [-0.05, 0) is 36.2 Å². The Bertz CT molecular complexity index is 816. The molecule has 4 nitrogen and oxygen atoms in total. The van der Waals surface area contributed by atoms with Gasteiger partial charge in [-0.15, -0.1) is 0 Å². The summed E-state index contributed by atoms with van der Waals surface area (Å²) in [6, 6.07) is 17.1. The van der Waals surface area contributed by atoms with Crippen LogP contribution in [-0.4, -0.2) is 27.6 Å². The zero-order valence-electron chi connectivity index (χ0n) is 14.2. The summed E-state index contributed by atoms with van der Waals surface area (Å²) in [5, 5.41) is 4.16. The molecule has 3 aromatic rings. The van der Waals surface area contributed by atoms with Crippen molar-refractivity contribution in [3.8, 4) is 0 Å². The van der Waals surface area contributed by atoms with E-state index < -0.39 is 6.04 Å². The Morgan fingerprint density at radius 3 is 2.28 bits per heavy atom. The molecule has 128 valence electrons. The van der Waals surface area contributed by atoms with E-state index in [1.54, 1.807) is 47.2 Å². The van der Waals surface area contributed by atoms with Gasteiger partial charge in [0, 0.05) is 19.4 Å². The summed E-state index contributed by atoms with van der Waals surface area (Å²) >= 11 is 0. The van der Waals surface area contributed by atoms with Crippen LogP contribution in [0.4, 0.5) is 4.39 Å². The molecule has 0 unspecified atom stereocenters. The fourth-order valence-corrected chi connectivity index (χ4v) is 2.96. The number of carbonyl (C=O) groups excluding carboxylic acids is 1. The first kappa shape index (κ1) is 16.9. The predicted octanol–water partition coefficient (Wildman–Crippen LogP) is 3.83. The third kappa shape index (κ3) is 3.60. The van der Waals surface area contributed by atoms with Crippen LogP contribution in [0.1, 0.15) is 30.1 Å². The fourth-order valence-electron chi connectivity index (χ4n) is 2.96. The van der Waals surface area contributed by atoms with Gasteiger partial charge in [0.05, 0.1) is 6.04 Å². The molecule has 1 aromatic heterocycles. The summed E-state index contributed by atoms with van der Waals surface area (Å²) in [5.74, 6) is -0.365. The van der Waals surface area contributed by atoms with Crippen molar-refractivity contribution in [3.63, 3.8) is 0 Å². The van der Waals surface area contributed by atoms with Crippen molar-refractivity contribution < 1.29 is 9.18 Å². The van der Waals surface area contributed by atoms with Crippen LogP contribution in [0.25, 0.3) is 0 Å². The van der Waals surface area contributed by atoms with Crippen LogP contribution < -0.4 is 0 Å². The third-order valence-electron chi connectivity index (χ3n) is 4.32. The summed E-state index contributed by atoms with van der Waals surface area (Å²) in [5.41, 5.74) is 1.83. The number of aromatic nitrogens is 2. The maximum Gasteiger partial charge on any atom is 0.247 e. The lowest BCUT2D eigenvalue weighted by molar-refractivity contribution is -0.134. The first-order valence-corrected chi connectivity index (χ1v) is 8.14. The van der Waals surface area contributed by atoms with Gasteiger partial charge in [-0.2, -0.15) is 5.10 Å². The minimum atomic E-state index is -0.424. The number of rotatable bonds is 5. The van der Waals surface area contributed by atoms with Crippen LogP contribution in [0.2, 0.25) is 0 Å². The van der Waals surface area contributed by atoms with E-state index in [1.165, 1.54) is 12.1 Å². The van der Waals surface area contributed by atoms with E-state index in [1.807, 2.05) is 37.3 Å². The molecule has 0 N–H and O–H groups in total. The van der Waals surface area contributed by atoms with E-state index in [4.69, 9.17) is 0 Å². The Hall–Kier alpha value is -2.95. The molecule has 0 saturated carbocycles. The van der Waals surface area contributed by atoms with Crippen molar-refractivity contribution in [1.82, 2.24) is 14.7 Å². The third-order valence-corrected chi connectivity index (χ3v) is 4.32. The molecule has 1 amide bonds. The lowest BCUT2D eigenvalue weighted by atomic mass is 9.97. The van der Waals surface area contributed by atoms with Crippen molar-refractivity contribution in [2.24, 2.45) is 0 Å². The highest BCUT2D eigenvalue weighted by atomic mass is 19.1. The molecule has 0 aliphatic heterocycles. The normalized spacial score (nSPS) is 13.2. The van der Waals surface area contributed by atoms with Crippen LogP contribution in [0, 0.1) is 5.82 Å². The van der Waals surface area contributed by atoms with E-state index in [0.29, 0.717) is 0 Å². The quantitative estimate of drug-likeness (QED) is 0.710. The first-order valence-electron chi connectivity index (χ1n) is 8.14. The number of hydrogen-bond acceptors (Lipinski definition) is 2. The summed E-state index contributed by atoms with van der Waals surface area (Å²) < 4.78 is 15.0. The molecule has 0 saturated heterocycles. The van der Waals surface area contributed by atoms with E-state index in [9.17, 15) is 9.18 Å². The van der Waals surface area contributed by atoms with Crippen LogP contribution in [0.3, 0.4) is 0 Å². The zero-order chi connectivity index (χ0) is 17.8. The second-order valence-electron chi connectivity index (χ2n) is 5.98. The minimum Gasteiger partial charge on any atom is -0.333 e. The Kier molecular flexibility index (Phi) is 4.93. The van der Waals surface area contributed by atoms with Crippen molar-refractivity contribution in [2.75, 3.05) is 7.05 Å². The Morgan fingerprint density at radius 1 is 1.04 bits per heavy atom. The highest BCUT2D eigenvalue weighted by Gasteiger charge is 2.27. The fraction of sp³-hybridized carbons (Fsp3) is 0.200. The van der Waals surface area contributed by atoms with Gasteiger partial charge in [-0.3, -0.25) is 9.48 Å². The van der Waals surface area contributed by atoms with Crippen molar-refractivity contribution in [1.29, 1.82) is 0 Å². The summed E-state index contributed by atoms with van der Waals surface area (Å²) in [6.07, 6.45) is 3.42. The van der Waals surface area contributed by atoms with Gasteiger partial charge in [-0.25, -0.2) is 4.39 Å². The molecule has 0 fully saturated rings. The number of carbonyl (C=O) groups is 1. The van der Waals surface area contributed by atoms with Gasteiger partial charge in [0.2, 0.25) is 5.91 Å². The SMILES string of the molecule is C[C@@H](C(=O)N(C)[C@@H](c1ccccc1)c1ccc(F)cc1)n1cccn1. The molecule has 1 heterocycles. The molecular formula is C20H20FN3O. The second-order valence-corrected chi connectivity index (χ2v) is 5.98. The van der Waals surface area contributed by atoms with Gasteiger partial charge in [0.1, 0.15) is 11.9 Å². The van der Waals surface area contributed by atoms with Crippen molar-refractivity contribution in [2.45, 2.75) is 19.0 Å². The molecular weight excluding hydrogens is 317 g/mol. The van der Waals surface area contributed by atoms with Crippen LogP contribution >= 0.6 is 0 Å². The van der Waals surface area contributed by atoms with Crippen LogP contribution in [-0.2, 0) is 4.79 Å². The lowest BCUT2D eigenvalue weighted by Gasteiger charge is -2.31. The molecule has 0 aliphatic rings. The molecule has 0 spiro atoms. The Balaban J connectivity index is 1.96. The largest absolute Gasteiger partial charge is 0.333 e. The molecule has 3 rings (SSSR count). The average Bonchev–Trinajstić information content (AvgIpc) is 3.18. The standard InChI is InChI=1S/C20H20FN3O/c1-15(24-14-6-13-22-24)20(25)23(2)19(16-7-4-3-5-8-16)17-9-11-18(21)12-10-17/h3-15,19H,1-2H3/t15-,19-/m0/s1. The monoisotopic (exact) mass is 337 g/mol.